The Bertz CT molecular complexity index is 479. The number of hydrogen-bond acceptors (Lipinski definition) is 2. The number of benzene rings is 1. The smallest absolute Gasteiger partial charge is 0.0720 e. The van der Waals surface area contributed by atoms with Crippen LogP contribution >= 0.6 is 11.6 Å². The molecule has 0 saturated carbocycles. The maximum Gasteiger partial charge on any atom is 0.0720 e. The number of fused-ring (bicyclic) bond motifs is 1. The van der Waals surface area contributed by atoms with Crippen molar-refractivity contribution >= 4 is 22.5 Å². The highest BCUT2D eigenvalue weighted by molar-refractivity contribution is 6.35. The fourth-order valence-electron chi connectivity index (χ4n) is 1.88. The fraction of sp³-hybridized carbons (Fsp3) is 0.273. The molecule has 4 heteroatoms. The van der Waals surface area contributed by atoms with Gasteiger partial charge in [-0.15, -0.1) is 0 Å². The molecule has 0 aliphatic carbocycles. The molecule has 2 N–H and O–H groups in total. The minimum atomic E-state index is 0.516. The second-order valence-corrected chi connectivity index (χ2v) is 3.93. The molecular weight excluding hydrogens is 212 g/mol. The van der Waals surface area contributed by atoms with Gasteiger partial charge in [-0.25, -0.2) is 5.90 Å². The van der Waals surface area contributed by atoms with E-state index in [0.29, 0.717) is 6.61 Å². The molecule has 0 spiro atoms. The number of rotatable bonds is 3. The van der Waals surface area contributed by atoms with Crippen molar-refractivity contribution in [3.05, 3.63) is 35.0 Å². The minimum Gasteiger partial charge on any atom is -0.349 e. The van der Waals surface area contributed by atoms with Gasteiger partial charge in [-0.2, -0.15) is 0 Å². The SMILES string of the molecule is Cn1cc(Cl)c2cccc(CCON)c21. The minimum absolute atomic E-state index is 0.516. The molecule has 0 unspecified atom stereocenters. The molecule has 0 radical (unpaired) electrons. The van der Waals surface area contributed by atoms with Gasteiger partial charge < -0.3 is 9.40 Å². The van der Waals surface area contributed by atoms with E-state index >= 15 is 0 Å². The second kappa shape index (κ2) is 4.23. The van der Waals surface area contributed by atoms with Gasteiger partial charge in [-0.05, 0) is 12.0 Å². The highest BCUT2D eigenvalue weighted by atomic mass is 35.5. The molecule has 80 valence electrons. The Morgan fingerprint density at radius 2 is 2.27 bits per heavy atom. The van der Waals surface area contributed by atoms with Crippen molar-refractivity contribution in [2.45, 2.75) is 6.42 Å². The molecule has 0 amide bonds. The third-order valence-corrected chi connectivity index (χ3v) is 2.83. The summed E-state index contributed by atoms with van der Waals surface area (Å²) in [6, 6.07) is 6.09. The normalized spacial score (nSPS) is 11.1. The quantitative estimate of drug-likeness (QED) is 0.813. The topological polar surface area (TPSA) is 40.2 Å². The average Bonchev–Trinajstić information content (AvgIpc) is 2.53. The van der Waals surface area contributed by atoms with E-state index in [4.69, 9.17) is 17.5 Å². The van der Waals surface area contributed by atoms with Crippen molar-refractivity contribution in [3.63, 3.8) is 0 Å². The zero-order chi connectivity index (χ0) is 10.8. The first kappa shape index (κ1) is 10.5. The average molecular weight is 225 g/mol. The van der Waals surface area contributed by atoms with Crippen LogP contribution < -0.4 is 5.90 Å². The van der Waals surface area contributed by atoms with Crippen LogP contribution in [0.1, 0.15) is 5.56 Å². The van der Waals surface area contributed by atoms with Crippen LogP contribution in [0.5, 0.6) is 0 Å². The molecule has 1 aromatic carbocycles. The summed E-state index contributed by atoms with van der Waals surface area (Å²) in [5.74, 6) is 5.03. The first-order valence-corrected chi connectivity index (χ1v) is 5.16. The number of nitrogens with two attached hydrogens (primary N) is 1. The summed E-state index contributed by atoms with van der Waals surface area (Å²) in [7, 11) is 1.99. The lowest BCUT2D eigenvalue weighted by molar-refractivity contribution is 0.141. The third kappa shape index (κ3) is 1.86. The molecule has 1 heterocycles. The summed E-state index contributed by atoms with van der Waals surface area (Å²) in [5.41, 5.74) is 2.35. The maximum atomic E-state index is 6.11. The highest BCUT2D eigenvalue weighted by Gasteiger charge is 2.08. The van der Waals surface area contributed by atoms with Gasteiger partial charge in [0.05, 0.1) is 17.1 Å². The van der Waals surface area contributed by atoms with Gasteiger partial charge >= 0.3 is 0 Å². The van der Waals surface area contributed by atoms with Crippen LogP contribution in [-0.2, 0) is 18.3 Å². The predicted octanol–water partition coefficient (Wildman–Crippen LogP) is 2.26. The van der Waals surface area contributed by atoms with E-state index in [1.54, 1.807) is 0 Å². The molecule has 0 bridgehead atoms. The predicted molar refractivity (Wildman–Crippen MR) is 61.8 cm³/mol. The number of hydrogen-bond donors (Lipinski definition) is 1. The number of aryl methyl sites for hydroxylation is 1. The molecule has 3 nitrogen and oxygen atoms in total. The molecule has 0 atom stereocenters. The third-order valence-electron chi connectivity index (χ3n) is 2.53. The number of nitrogens with zero attached hydrogens (tertiary/aromatic N) is 1. The molecular formula is C11H13ClN2O. The van der Waals surface area contributed by atoms with Crippen LogP contribution in [0.4, 0.5) is 0 Å². The lowest BCUT2D eigenvalue weighted by Gasteiger charge is -2.04. The summed E-state index contributed by atoms with van der Waals surface area (Å²) in [6.45, 7) is 0.516. The Balaban J connectivity index is 2.54. The number of para-hydroxylation sites is 1. The fourth-order valence-corrected chi connectivity index (χ4v) is 2.17. The molecule has 0 saturated heterocycles. The van der Waals surface area contributed by atoms with E-state index in [1.165, 1.54) is 5.56 Å². The molecule has 0 fully saturated rings. The molecule has 2 aromatic rings. The first-order chi connectivity index (χ1) is 7.24. The van der Waals surface area contributed by atoms with E-state index in [-0.39, 0.29) is 0 Å². The first-order valence-electron chi connectivity index (χ1n) is 4.78. The van der Waals surface area contributed by atoms with Gasteiger partial charge in [0.1, 0.15) is 0 Å². The van der Waals surface area contributed by atoms with Crippen LogP contribution in [0.15, 0.2) is 24.4 Å². The summed E-state index contributed by atoms with van der Waals surface area (Å²) in [6.07, 6.45) is 2.71. The maximum absolute atomic E-state index is 6.11. The van der Waals surface area contributed by atoms with Crippen molar-refractivity contribution in [1.29, 1.82) is 0 Å². The summed E-state index contributed by atoms with van der Waals surface area (Å²) < 4.78 is 2.03. The number of halogens is 1. The standard InChI is InChI=1S/C11H13ClN2O/c1-14-7-10(12)9-4-2-3-8(11(9)14)5-6-15-13/h2-4,7H,5-6,13H2,1H3. The molecule has 0 aliphatic heterocycles. The monoisotopic (exact) mass is 224 g/mol. The van der Waals surface area contributed by atoms with Crippen LogP contribution in [0.25, 0.3) is 10.9 Å². The van der Waals surface area contributed by atoms with E-state index in [2.05, 4.69) is 10.9 Å². The van der Waals surface area contributed by atoms with Gasteiger partial charge in [0, 0.05) is 18.6 Å². The van der Waals surface area contributed by atoms with Gasteiger partial charge in [-0.1, -0.05) is 29.8 Å². The summed E-state index contributed by atoms with van der Waals surface area (Å²) in [5, 5.41) is 1.86. The van der Waals surface area contributed by atoms with Crippen molar-refractivity contribution in [2.24, 2.45) is 12.9 Å². The molecule has 0 aliphatic rings. The van der Waals surface area contributed by atoms with Crippen LogP contribution in [-0.4, -0.2) is 11.2 Å². The van der Waals surface area contributed by atoms with Crippen LogP contribution in [0.2, 0.25) is 5.02 Å². The lowest BCUT2D eigenvalue weighted by atomic mass is 10.1. The highest BCUT2D eigenvalue weighted by Crippen LogP contribution is 2.27. The van der Waals surface area contributed by atoms with E-state index in [9.17, 15) is 0 Å². The van der Waals surface area contributed by atoms with E-state index < -0.39 is 0 Å². The Morgan fingerprint density at radius 1 is 1.47 bits per heavy atom. The molecule has 1 aromatic heterocycles. The van der Waals surface area contributed by atoms with Crippen LogP contribution in [0.3, 0.4) is 0 Å². The Labute approximate surface area is 93.3 Å². The van der Waals surface area contributed by atoms with Crippen molar-refractivity contribution in [3.8, 4) is 0 Å². The zero-order valence-electron chi connectivity index (χ0n) is 8.53. The molecule has 15 heavy (non-hydrogen) atoms. The van der Waals surface area contributed by atoms with E-state index in [0.717, 1.165) is 22.3 Å². The van der Waals surface area contributed by atoms with Gasteiger partial charge in [-0.3, -0.25) is 0 Å². The van der Waals surface area contributed by atoms with Gasteiger partial charge in [0.25, 0.3) is 0 Å². The Hall–Kier alpha value is -1.03. The Kier molecular flexibility index (Phi) is 2.95. The largest absolute Gasteiger partial charge is 0.349 e. The van der Waals surface area contributed by atoms with Crippen LogP contribution in [0, 0.1) is 0 Å². The summed E-state index contributed by atoms with van der Waals surface area (Å²) in [4.78, 5) is 4.60. The lowest BCUT2D eigenvalue weighted by Crippen LogP contribution is -2.04. The Morgan fingerprint density at radius 3 is 3.00 bits per heavy atom. The molecule has 2 rings (SSSR count). The van der Waals surface area contributed by atoms with Gasteiger partial charge in [0.2, 0.25) is 0 Å². The van der Waals surface area contributed by atoms with Crippen molar-refractivity contribution < 1.29 is 4.84 Å². The van der Waals surface area contributed by atoms with E-state index in [1.807, 2.05) is 29.9 Å². The van der Waals surface area contributed by atoms with Gasteiger partial charge in [0.15, 0.2) is 0 Å². The van der Waals surface area contributed by atoms with Crippen molar-refractivity contribution in [2.75, 3.05) is 6.61 Å². The second-order valence-electron chi connectivity index (χ2n) is 3.52. The number of aromatic nitrogens is 1. The zero-order valence-corrected chi connectivity index (χ0v) is 9.29. The summed E-state index contributed by atoms with van der Waals surface area (Å²) >= 11 is 6.11. The van der Waals surface area contributed by atoms with Crippen molar-refractivity contribution in [1.82, 2.24) is 4.57 Å².